The van der Waals surface area contributed by atoms with Gasteiger partial charge >= 0.3 is 0 Å². The second-order valence-electron chi connectivity index (χ2n) is 7.76. The molecule has 2 aromatic rings. The van der Waals surface area contributed by atoms with Crippen LogP contribution in [0.3, 0.4) is 0 Å². The summed E-state index contributed by atoms with van der Waals surface area (Å²) in [6.45, 7) is 5.34. The number of aryl methyl sites for hydroxylation is 1. The molecule has 26 heavy (non-hydrogen) atoms. The van der Waals surface area contributed by atoms with Gasteiger partial charge in [-0.1, -0.05) is 42.0 Å². The third-order valence-corrected chi connectivity index (χ3v) is 5.79. The fourth-order valence-corrected chi connectivity index (χ4v) is 3.79. The predicted octanol–water partition coefficient (Wildman–Crippen LogP) is 3.84. The molecule has 1 atom stereocenters. The number of rotatable bonds is 4. The van der Waals surface area contributed by atoms with Crippen LogP contribution < -0.4 is 5.32 Å². The van der Waals surface area contributed by atoms with Gasteiger partial charge in [-0.15, -0.1) is 0 Å². The van der Waals surface area contributed by atoms with E-state index in [1.165, 1.54) is 5.56 Å². The lowest BCUT2D eigenvalue weighted by molar-refractivity contribution is -0.177. The quantitative estimate of drug-likeness (QED) is 0.911. The molecule has 0 aromatic heterocycles. The molecule has 4 heteroatoms. The molecule has 1 spiro atoms. The van der Waals surface area contributed by atoms with Crippen molar-refractivity contribution in [1.82, 2.24) is 4.90 Å². The predicted molar refractivity (Wildman–Crippen MR) is 103 cm³/mol. The number of hydrogen-bond acceptors (Lipinski definition) is 3. The molecule has 2 aromatic carbocycles. The summed E-state index contributed by atoms with van der Waals surface area (Å²) in [7, 11) is 1.91. The van der Waals surface area contributed by atoms with Gasteiger partial charge in [0.2, 0.25) is 0 Å². The lowest BCUT2D eigenvalue weighted by Crippen LogP contribution is -2.59. The molecule has 2 fully saturated rings. The molecule has 1 aliphatic heterocycles. The van der Waals surface area contributed by atoms with Gasteiger partial charge in [0.15, 0.2) is 0 Å². The molecule has 4 rings (SSSR count). The molecule has 1 saturated carbocycles. The van der Waals surface area contributed by atoms with E-state index in [-0.39, 0.29) is 5.91 Å². The number of nitrogens with zero attached hydrogens (tertiary/aromatic N) is 1. The minimum absolute atomic E-state index is 0.130. The highest BCUT2D eigenvalue weighted by Gasteiger charge is 2.60. The standard InChI is InChI=1S/C22H26N2O2/c1-16-5-4-6-18(13-16)21(2)15-26-22(11-12-22)20(25)24(21)14-17-7-9-19(23-3)10-8-17/h4-10,13,23H,11-12,14-15H2,1-3H3. The number of carbonyl (C=O) groups is 1. The molecule has 1 aliphatic carbocycles. The normalized spacial score (nSPS) is 24.0. The van der Waals surface area contributed by atoms with Crippen molar-refractivity contribution in [3.05, 3.63) is 65.2 Å². The van der Waals surface area contributed by atoms with E-state index in [0.717, 1.165) is 29.7 Å². The second kappa shape index (κ2) is 6.13. The zero-order valence-corrected chi connectivity index (χ0v) is 15.7. The summed E-state index contributed by atoms with van der Waals surface area (Å²) in [6, 6.07) is 16.7. The lowest BCUT2D eigenvalue weighted by atomic mass is 9.87. The van der Waals surface area contributed by atoms with Crippen LogP contribution in [0.25, 0.3) is 0 Å². The number of amides is 1. The van der Waals surface area contributed by atoms with E-state index in [1.807, 2.05) is 11.9 Å². The van der Waals surface area contributed by atoms with Crippen molar-refractivity contribution in [3.8, 4) is 0 Å². The number of anilines is 1. The summed E-state index contributed by atoms with van der Waals surface area (Å²) in [5.74, 6) is 0.130. The maximum atomic E-state index is 13.3. The Morgan fingerprint density at radius 1 is 1.15 bits per heavy atom. The van der Waals surface area contributed by atoms with Crippen LogP contribution in [0.5, 0.6) is 0 Å². The molecule has 0 radical (unpaired) electrons. The number of hydrogen-bond donors (Lipinski definition) is 1. The van der Waals surface area contributed by atoms with Crippen LogP contribution >= 0.6 is 0 Å². The van der Waals surface area contributed by atoms with Crippen molar-refractivity contribution < 1.29 is 9.53 Å². The van der Waals surface area contributed by atoms with Gasteiger partial charge in [-0.3, -0.25) is 4.79 Å². The molecule has 1 heterocycles. The van der Waals surface area contributed by atoms with Crippen LogP contribution in [-0.4, -0.2) is 30.1 Å². The topological polar surface area (TPSA) is 41.6 Å². The third kappa shape index (κ3) is 2.78. The van der Waals surface area contributed by atoms with Gasteiger partial charge in [0, 0.05) is 19.3 Å². The maximum absolute atomic E-state index is 13.3. The third-order valence-electron chi connectivity index (χ3n) is 5.79. The van der Waals surface area contributed by atoms with Crippen LogP contribution in [-0.2, 0) is 21.6 Å². The molecule has 2 aliphatic rings. The van der Waals surface area contributed by atoms with E-state index in [2.05, 4.69) is 67.7 Å². The Kier molecular flexibility index (Phi) is 4.03. The second-order valence-corrected chi connectivity index (χ2v) is 7.76. The molecule has 4 nitrogen and oxygen atoms in total. The van der Waals surface area contributed by atoms with Crippen LogP contribution in [0, 0.1) is 6.92 Å². The first-order valence-corrected chi connectivity index (χ1v) is 9.27. The Hall–Kier alpha value is -2.33. The minimum Gasteiger partial charge on any atom is -0.388 e. The van der Waals surface area contributed by atoms with E-state index >= 15 is 0 Å². The lowest BCUT2D eigenvalue weighted by Gasteiger charge is -2.48. The van der Waals surface area contributed by atoms with Crippen molar-refractivity contribution in [2.45, 2.75) is 44.4 Å². The first kappa shape index (κ1) is 17.1. The van der Waals surface area contributed by atoms with Crippen molar-refractivity contribution in [2.24, 2.45) is 0 Å². The zero-order chi connectivity index (χ0) is 18.4. The summed E-state index contributed by atoms with van der Waals surface area (Å²) < 4.78 is 6.10. The first-order chi connectivity index (χ1) is 12.5. The molecular weight excluding hydrogens is 324 g/mol. The summed E-state index contributed by atoms with van der Waals surface area (Å²) in [4.78, 5) is 15.3. The molecule has 1 amide bonds. The molecule has 0 bridgehead atoms. The summed E-state index contributed by atoms with van der Waals surface area (Å²) in [5.41, 5.74) is 3.51. The van der Waals surface area contributed by atoms with Gasteiger partial charge < -0.3 is 15.0 Å². The number of morpholine rings is 1. The highest BCUT2D eigenvalue weighted by Crippen LogP contribution is 2.49. The molecule has 1 N–H and O–H groups in total. The number of carbonyl (C=O) groups excluding carboxylic acids is 1. The summed E-state index contributed by atoms with van der Waals surface area (Å²) in [5, 5.41) is 3.14. The number of nitrogens with one attached hydrogen (secondary N) is 1. The highest BCUT2D eigenvalue weighted by atomic mass is 16.5. The molecule has 1 unspecified atom stereocenters. The first-order valence-electron chi connectivity index (χ1n) is 9.27. The van der Waals surface area contributed by atoms with Crippen LogP contribution in [0.15, 0.2) is 48.5 Å². The van der Waals surface area contributed by atoms with Crippen LogP contribution in [0.4, 0.5) is 5.69 Å². The Labute approximate surface area is 155 Å². The average Bonchev–Trinajstić information content (AvgIpc) is 3.44. The Morgan fingerprint density at radius 2 is 1.88 bits per heavy atom. The number of ether oxygens (including phenoxy) is 1. The summed E-state index contributed by atoms with van der Waals surface area (Å²) in [6.07, 6.45) is 1.68. The number of benzene rings is 2. The van der Waals surface area contributed by atoms with E-state index in [9.17, 15) is 4.79 Å². The highest BCUT2D eigenvalue weighted by molar-refractivity contribution is 5.89. The van der Waals surface area contributed by atoms with Gasteiger partial charge in [-0.2, -0.15) is 0 Å². The van der Waals surface area contributed by atoms with Gasteiger partial charge in [0.1, 0.15) is 5.60 Å². The van der Waals surface area contributed by atoms with E-state index < -0.39 is 11.1 Å². The fourth-order valence-electron chi connectivity index (χ4n) is 3.79. The summed E-state index contributed by atoms with van der Waals surface area (Å²) >= 11 is 0. The maximum Gasteiger partial charge on any atom is 0.255 e. The van der Waals surface area contributed by atoms with E-state index in [1.54, 1.807) is 0 Å². The Balaban J connectivity index is 1.70. The van der Waals surface area contributed by atoms with Crippen molar-refractivity contribution >= 4 is 11.6 Å². The zero-order valence-electron chi connectivity index (χ0n) is 15.7. The Morgan fingerprint density at radius 3 is 2.50 bits per heavy atom. The van der Waals surface area contributed by atoms with Crippen molar-refractivity contribution in [2.75, 3.05) is 19.0 Å². The van der Waals surface area contributed by atoms with Gasteiger partial charge in [0.05, 0.1) is 12.1 Å². The van der Waals surface area contributed by atoms with Gasteiger partial charge in [-0.25, -0.2) is 0 Å². The minimum atomic E-state index is -0.561. The average molecular weight is 350 g/mol. The fraction of sp³-hybridized carbons (Fsp3) is 0.409. The van der Waals surface area contributed by atoms with Crippen molar-refractivity contribution in [3.63, 3.8) is 0 Å². The monoisotopic (exact) mass is 350 g/mol. The van der Waals surface area contributed by atoms with Crippen LogP contribution in [0.2, 0.25) is 0 Å². The van der Waals surface area contributed by atoms with Gasteiger partial charge in [-0.05, 0) is 49.9 Å². The largest absolute Gasteiger partial charge is 0.388 e. The van der Waals surface area contributed by atoms with Gasteiger partial charge in [0.25, 0.3) is 5.91 Å². The SMILES string of the molecule is CNc1ccc(CN2C(=O)C3(CC3)OCC2(C)c2cccc(C)c2)cc1. The van der Waals surface area contributed by atoms with Crippen molar-refractivity contribution in [1.29, 1.82) is 0 Å². The van der Waals surface area contributed by atoms with E-state index in [4.69, 9.17) is 4.74 Å². The molecular formula is C22H26N2O2. The smallest absolute Gasteiger partial charge is 0.255 e. The van der Waals surface area contributed by atoms with E-state index in [0.29, 0.717) is 13.2 Å². The molecule has 1 saturated heterocycles. The molecule has 136 valence electrons. The Bertz CT molecular complexity index is 826. The van der Waals surface area contributed by atoms with Crippen LogP contribution in [0.1, 0.15) is 36.5 Å².